The number of piperidine rings is 1. The third-order valence-electron chi connectivity index (χ3n) is 7.08. The van der Waals surface area contributed by atoms with Gasteiger partial charge in [-0.3, -0.25) is 9.63 Å². The van der Waals surface area contributed by atoms with Crippen molar-refractivity contribution in [3.8, 4) is 0 Å². The Bertz CT molecular complexity index is 968. The van der Waals surface area contributed by atoms with Crippen LogP contribution in [0, 0.1) is 26.7 Å². The first-order valence-electron chi connectivity index (χ1n) is 12.3. The molecule has 1 aromatic carbocycles. The van der Waals surface area contributed by atoms with Crippen molar-refractivity contribution in [1.82, 2.24) is 10.1 Å². The fraction of sp³-hybridized carbons (Fsp3) is 0.615. The minimum Gasteiger partial charge on any atom is -0.434 e. The van der Waals surface area contributed by atoms with E-state index in [2.05, 4.69) is 0 Å². The molecule has 0 aliphatic carbocycles. The molecule has 1 aromatic rings. The van der Waals surface area contributed by atoms with E-state index in [1.807, 2.05) is 38.0 Å². The molecule has 0 saturated carbocycles. The highest BCUT2D eigenvalue weighted by Gasteiger charge is 2.57. The van der Waals surface area contributed by atoms with Crippen LogP contribution in [0.1, 0.15) is 48.4 Å². The summed E-state index contributed by atoms with van der Waals surface area (Å²) in [6, 6.07) is 4.06. The van der Waals surface area contributed by atoms with Crippen LogP contribution in [0.4, 0.5) is 4.79 Å². The number of hydroxylamine groups is 4. The predicted octanol–water partition coefficient (Wildman–Crippen LogP) is 3.70. The second-order valence-corrected chi connectivity index (χ2v) is 9.53. The second kappa shape index (κ2) is 10.7. The summed E-state index contributed by atoms with van der Waals surface area (Å²) >= 11 is 0. The number of nitrogens with zero attached hydrogens (tertiary/aromatic N) is 2. The number of ether oxygens (including phenoxy) is 3. The normalized spacial score (nSPS) is 22.4. The smallest absolute Gasteiger partial charge is 0.434 e. The molecular weight excluding hydrogens is 452 g/mol. The molecule has 3 aliphatic rings. The van der Waals surface area contributed by atoms with Gasteiger partial charge in [0.05, 0.1) is 32.5 Å². The van der Waals surface area contributed by atoms with Crippen LogP contribution < -0.4 is 0 Å². The van der Waals surface area contributed by atoms with Crippen molar-refractivity contribution in [2.24, 2.45) is 5.92 Å². The molecule has 4 rings (SSSR count). The Morgan fingerprint density at radius 2 is 1.86 bits per heavy atom. The van der Waals surface area contributed by atoms with Gasteiger partial charge in [0.15, 0.2) is 5.76 Å². The summed E-state index contributed by atoms with van der Waals surface area (Å²) in [6.07, 6.45) is 1.02. The van der Waals surface area contributed by atoms with E-state index < -0.39 is 11.7 Å². The Morgan fingerprint density at radius 1 is 1.17 bits per heavy atom. The summed E-state index contributed by atoms with van der Waals surface area (Å²) in [4.78, 5) is 38.4. The Hall–Kier alpha value is -2.46. The van der Waals surface area contributed by atoms with Crippen molar-refractivity contribution in [1.29, 1.82) is 0 Å². The van der Waals surface area contributed by atoms with Gasteiger partial charge in [-0.25, -0.2) is 9.86 Å². The lowest BCUT2D eigenvalue weighted by molar-refractivity contribution is -0.236. The third kappa shape index (κ3) is 4.95. The van der Waals surface area contributed by atoms with Crippen LogP contribution in [0.2, 0.25) is 0 Å². The first-order valence-corrected chi connectivity index (χ1v) is 12.3. The van der Waals surface area contributed by atoms with E-state index in [1.165, 1.54) is 5.06 Å². The van der Waals surface area contributed by atoms with Gasteiger partial charge in [0.1, 0.15) is 5.54 Å². The maximum absolute atomic E-state index is 14.1. The van der Waals surface area contributed by atoms with Gasteiger partial charge in [-0.05, 0) is 63.6 Å². The molecule has 3 heterocycles. The number of carbonyl (C=O) groups is 2. The number of amides is 1. The average molecular weight is 489 g/mol. The summed E-state index contributed by atoms with van der Waals surface area (Å²) in [5, 5.41) is 3.29. The summed E-state index contributed by atoms with van der Waals surface area (Å²) in [7, 11) is 1.63. The topological polar surface area (TPSA) is 86.8 Å². The first kappa shape index (κ1) is 25.6. The minimum atomic E-state index is -0.947. The molecule has 9 heteroatoms. The third-order valence-corrected chi connectivity index (χ3v) is 7.08. The summed E-state index contributed by atoms with van der Waals surface area (Å²) < 4.78 is 16.5. The van der Waals surface area contributed by atoms with Crippen LogP contribution >= 0.6 is 0 Å². The zero-order valence-corrected chi connectivity index (χ0v) is 21.3. The molecule has 1 unspecified atom stereocenters. The molecule has 9 nitrogen and oxygen atoms in total. The van der Waals surface area contributed by atoms with Crippen molar-refractivity contribution in [3.05, 3.63) is 40.1 Å². The Kier molecular flexibility index (Phi) is 7.80. The molecule has 0 bridgehead atoms. The van der Waals surface area contributed by atoms with E-state index in [0.29, 0.717) is 57.1 Å². The van der Waals surface area contributed by atoms with Gasteiger partial charge in [0.25, 0.3) is 5.91 Å². The molecule has 1 atom stereocenters. The Balaban J connectivity index is 1.82. The second-order valence-electron chi connectivity index (χ2n) is 9.53. The highest BCUT2D eigenvalue weighted by atomic mass is 16.7. The van der Waals surface area contributed by atoms with E-state index in [1.54, 1.807) is 14.0 Å². The van der Waals surface area contributed by atoms with Crippen LogP contribution in [0.15, 0.2) is 17.9 Å². The average Bonchev–Trinajstić information content (AvgIpc) is 3.40. The number of benzene rings is 1. The first-order chi connectivity index (χ1) is 16.8. The lowest BCUT2D eigenvalue weighted by Crippen LogP contribution is -2.55. The lowest BCUT2D eigenvalue weighted by Gasteiger charge is -2.43. The highest BCUT2D eigenvalue weighted by molar-refractivity contribution is 6.23. The van der Waals surface area contributed by atoms with Crippen molar-refractivity contribution < 1.29 is 33.5 Å². The molecule has 2 fully saturated rings. The molecule has 3 aliphatic heterocycles. The number of aryl methyl sites for hydroxylation is 3. The molecule has 0 N–H and O–H groups in total. The van der Waals surface area contributed by atoms with E-state index >= 15 is 0 Å². The number of carbonyl (C=O) groups excluding carboxylic acids is 2. The van der Waals surface area contributed by atoms with Gasteiger partial charge in [-0.2, -0.15) is 5.06 Å². The molecule has 1 amide bonds. The highest BCUT2D eigenvalue weighted by Crippen LogP contribution is 2.48. The van der Waals surface area contributed by atoms with E-state index in [0.717, 1.165) is 28.7 Å². The summed E-state index contributed by atoms with van der Waals surface area (Å²) in [5.74, 6) is 0.207. The SMILES string of the molecule is CCOC(=O)OC1=C(c2c(C)cc(C)cc2C)C(=O)N(OCC2CCOC2)C12CCN(OC)CC2. The van der Waals surface area contributed by atoms with Gasteiger partial charge in [0, 0.05) is 25.6 Å². The molecular formula is C26H36N2O7. The molecule has 0 aromatic heterocycles. The maximum atomic E-state index is 14.1. The van der Waals surface area contributed by atoms with Gasteiger partial charge >= 0.3 is 6.16 Å². The summed E-state index contributed by atoms with van der Waals surface area (Å²) in [5.41, 5.74) is 3.15. The summed E-state index contributed by atoms with van der Waals surface area (Å²) in [6.45, 7) is 10.6. The largest absolute Gasteiger partial charge is 0.513 e. The standard InChI is InChI=1S/C26H36N2O7/c1-6-33-25(30)35-23-22(21-18(3)13-17(2)14-19(21)4)24(29)28(34-16-20-7-12-32-15-20)26(23)8-10-27(31-5)11-9-26/h13-14,20H,6-12,15-16H2,1-5H3. The van der Waals surface area contributed by atoms with Gasteiger partial charge in [0.2, 0.25) is 0 Å². The fourth-order valence-electron chi connectivity index (χ4n) is 5.44. The Labute approximate surface area is 206 Å². The van der Waals surface area contributed by atoms with Gasteiger partial charge in [-0.15, -0.1) is 0 Å². The maximum Gasteiger partial charge on any atom is 0.513 e. The fourth-order valence-corrected chi connectivity index (χ4v) is 5.44. The van der Waals surface area contributed by atoms with E-state index in [9.17, 15) is 9.59 Å². The Morgan fingerprint density at radius 3 is 2.43 bits per heavy atom. The van der Waals surface area contributed by atoms with Crippen LogP contribution in [-0.2, 0) is 28.7 Å². The van der Waals surface area contributed by atoms with Crippen molar-refractivity contribution in [2.45, 2.75) is 52.5 Å². The van der Waals surface area contributed by atoms with Crippen LogP contribution in [0.25, 0.3) is 5.57 Å². The molecule has 1 spiro atoms. The van der Waals surface area contributed by atoms with Crippen molar-refractivity contribution >= 4 is 17.6 Å². The number of hydrogen-bond donors (Lipinski definition) is 0. The van der Waals surface area contributed by atoms with Gasteiger partial charge in [-0.1, -0.05) is 17.7 Å². The van der Waals surface area contributed by atoms with Crippen LogP contribution in [0.5, 0.6) is 0 Å². The number of rotatable bonds is 7. The predicted molar refractivity (Wildman–Crippen MR) is 128 cm³/mol. The molecule has 192 valence electrons. The number of hydrogen-bond acceptors (Lipinski definition) is 8. The zero-order valence-electron chi connectivity index (χ0n) is 21.3. The van der Waals surface area contributed by atoms with Gasteiger partial charge < -0.3 is 19.0 Å². The molecule has 0 radical (unpaired) electrons. The monoisotopic (exact) mass is 488 g/mol. The molecule has 35 heavy (non-hydrogen) atoms. The lowest BCUT2D eigenvalue weighted by atomic mass is 9.84. The van der Waals surface area contributed by atoms with Crippen molar-refractivity contribution in [2.75, 3.05) is 46.6 Å². The van der Waals surface area contributed by atoms with Crippen LogP contribution in [-0.4, -0.2) is 74.4 Å². The quantitative estimate of drug-likeness (QED) is 0.537. The minimum absolute atomic E-state index is 0.171. The van der Waals surface area contributed by atoms with Crippen molar-refractivity contribution in [3.63, 3.8) is 0 Å². The van der Waals surface area contributed by atoms with E-state index in [-0.39, 0.29) is 18.4 Å². The van der Waals surface area contributed by atoms with Crippen LogP contribution in [0.3, 0.4) is 0 Å². The zero-order chi connectivity index (χ0) is 25.2. The molecule has 2 saturated heterocycles. The van der Waals surface area contributed by atoms with E-state index in [4.69, 9.17) is 23.9 Å².